The molecule has 0 bridgehead atoms. The highest BCUT2D eigenvalue weighted by Crippen LogP contribution is 2.21. The number of nitrogens with zero attached hydrogens (tertiary/aromatic N) is 1. The highest BCUT2D eigenvalue weighted by molar-refractivity contribution is 14.0. The molecule has 0 aromatic heterocycles. The zero-order valence-electron chi connectivity index (χ0n) is 16.5. The lowest BCUT2D eigenvalue weighted by Crippen LogP contribution is -2.22. The van der Waals surface area contributed by atoms with E-state index < -0.39 is 0 Å². The van der Waals surface area contributed by atoms with Crippen LogP contribution < -0.4 is 15.8 Å². The summed E-state index contributed by atoms with van der Waals surface area (Å²) in [6, 6.07) is 12.3. The van der Waals surface area contributed by atoms with Gasteiger partial charge in [0.15, 0.2) is 5.96 Å². The summed E-state index contributed by atoms with van der Waals surface area (Å²) in [6.07, 6.45) is 0.851. The molecular weight excluding hydrogens is 453 g/mol. The van der Waals surface area contributed by atoms with Crippen LogP contribution in [0.5, 0.6) is 5.75 Å². The van der Waals surface area contributed by atoms with E-state index in [1.807, 2.05) is 25.1 Å². The van der Waals surface area contributed by atoms with Crippen LogP contribution in [0.1, 0.15) is 28.7 Å². The first-order chi connectivity index (χ1) is 12.5. The number of hydrogen-bond donors (Lipinski definition) is 2. The topological polar surface area (TPSA) is 68.9 Å². The molecule has 6 heteroatoms. The van der Waals surface area contributed by atoms with Crippen molar-refractivity contribution >= 4 is 35.6 Å². The molecule has 0 aliphatic carbocycles. The molecule has 0 aliphatic heterocycles. The second-order valence-electron chi connectivity index (χ2n) is 6.43. The molecule has 0 spiro atoms. The maximum absolute atomic E-state index is 6.04. The van der Waals surface area contributed by atoms with Crippen molar-refractivity contribution in [3.63, 3.8) is 0 Å². The van der Waals surface area contributed by atoms with Gasteiger partial charge in [0.05, 0.1) is 13.2 Å². The van der Waals surface area contributed by atoms with Crippen molar-refractivity contribution in [2.75, 3.05) is 25.6 Å². The Morgan fingerprint density at radius 2 is 1.81 bits per heavy atom. The van der Waals surface area contributed by atoms with Crippen molar-refractivity contribution in [2.24, 2.45) is 10.7 Å². The van der Waals surface area contributed by atoms with Gasteiger partial charge in [0.25, 0.3) is 0 Å². The molecule has 2 aromatic rings. The number of guanidine groups is 1. The van der Waals surface area contributed by atoms with E-state index in [0.717, 1.165) is 29.0 Å². The van der Waals surface area contributed by atoms with Crippen molar-refractivity contribution in [2.45, 2.75) is 33.7 Å². The van der Waals surface area contributed by atoms with Crippen LogP contribution in [0.15, 0.2) is 41.4 Å². The summed E-state index contributed by atoms with van der Waals surface area (Å²) in [6.45, 7) is 7.97. The van der Waals surface area contributed by atoms with Crippen molar-refractivity contribution in [3.05, 3.63) is 58.7 Å². The van der Waals surface area contributed by atoms with Gasteiger partial charge in [0.2, 0.25) is 0 Å². The van der Waals surface area contributed by atoms with Gasteiger partial charge in [-0.25, -0.2) is 4.99 Å². The Bertz CT molecular complexity index is 763. The average Bonchev–Trinajstić information content (AvgIpc) is 2.61. The Morgan fingerprint density at radius 1 is 1.04 bits per heavy atom. The smallest absolute Gasteiger partial charge is 0.193 e. The molecule has 0 atom stereocenters. The number of nitrogens with two attached hydrogens (primary N) is 1. The van der Waals surface area contributed by atoms with E-state index in [1.165, 1.54) is 11.1 Å². The van der Waals surface area contributed by atoms with Crippen LogP contribution in [-0.2, 0) is 11.3 Å². The lowest BCUT2D eigenvalue weighted by Gasteiger charge is -2.12. The van der Waals surface area contributed by atoms with Crippen molar-refractivity contribution in [3.8, 4) is 5.75 Å². The number of benzene rings is 2. The SMILES string of the molecule is COCCCOc1cc(C)ccc1CN=C(N)Nc1ccc(C)c(C)c1.I. The summed E-state index contributed by atoms with van der Waals surface area (Å²) in [7, 11) is 1.69. The molecule has 0 heterocycles. The first-order valence-corrected chi connectivity index (χ1v) is 8.85. The van der Waals surface area contributed by atoms with Crippen molar-refractivity contribution < 1.29 is 9.47 Å². The third kappa shape index (κ3) is 7.76. The minimum atomic E-state index is 0. The predicted molar refractivity (Wildman–Crippen MR) is 123 cm³/mol. The van der Waals surface area contributed by atoms with E-state index in [-0.39, 0.29) is 24.0 Å². The van der Waals surface area contributed by atoms with Gasteiger partial charge in [-0.3, -0.25) is 0 Å². The molecular formula is C21H30IN3O2. The molecule has 5 nitrogen and oxygen atoms in total. The molecule has 2 aromatic carbocycles. The normalized spacial score (nSPS) is 11.0. The quantitative estimate of drug-likeness (QED) is 0.250. The van der Waals surface area contributed by atoms with Crippen molar-refractivity contribution in [1.82, 2.24) is 0 Å². The van der Waals surface area contributed by atoms with E-state index in [9.17, 15) is 0 Å². The number of rotatable bonds is 8. The van der Waals surface area contributed by atoms with Crippen LogP contribution in [0.3, 0.4) is 0 Å². The van der Waals surface area contributed by atoms with Gasteiger partial charge in [-0.15, -0.1) is 24.0 Å². The zero-order valence-corrected chi connectivity index (χ0v) is 18.9. The highest BCUT2D eigenvalue weighted by atomic mass is 127. The molecule has 27 heavy (non-hydrogen) atoms. The fraction of sp³-hybridized carbons (Fsp3) is 0.381. The van der Waals surface area contributed by atoms with Crippen molar-refractivity contribution in [1.29, 1.82) is 0 Å². The lowest BCUT2D eigenvalue weighted by molar-refractivity contribution is 0.172. The van der Waals surface area contributed by atoms with Gasteiger partial charge in [-0.05, 0) is 55.7 Å². The molecule has 0 unspecified atom stereocenters. The van der Waals surface area contributed by atoms with Gasteiger partial charge in [-0.1, -0.05) is 18.2 Å². The van der Waals surface area contributed by atoms with Gasteiger partial charge < -0.3 is 20.5 Å². The van der Waals surface area contributed by atoms with E-state index in [4.69, 9.17) is 15.2 Å². The predicted octanol–water partition coefficient (Wildman–Crippen LogP) is 4.57. The summed E-state index contributed by atoms with van der Waals surface area (Å²) in [5.74, 6) is 1.24. The number of anilines is 1. The number of aryl methyl sites for hydroxylation is 3. The fourth-order valence-corrected chi connectivity index (χ4v) is 2.49. The Hall–Kier alpha value is -1.80. The number of methoxy groups -OCH3 is 1. The molecule has 0 fully saturated rings. The molecule has 3 N–H and O–H groups in total. The Kier molecular flexibility index (Phi) is 10.2. The largest absolute Gasteiger partial charge is 0.493 e. The maximum atomic E-state index is 6.04. The van der Waals surface area contributed by atoms with Crippen LogP contribution in [0.25, 0.3) is 0 Å². The molecule has 0 radical (unpaired) electrons. The number of nitrogens with one attached hydrogen (secondary N) is 1. The van der Waals surface area contributed by atoms with E-state index in [2.05, 4.69) is 42.4 Å². The summed E-state index contributed by atoms with van der Waals surface area (Å²) in [5.41, 5.74) is 11.6. The van der Waals surface area contributed by atoms with E-state index in [0.29, 0.717) is 25.7 Å². The van der Waals surface area contributed by atoms with Crippen LogP contribution >= 0.6 is 24.0 Å². The summed E-state index contributed by atoms with van der Waals surface area (Å²) in [4.78, 5) is 4.46. The fourth-order valence-electron chi connectivity index (χ4n) is 2.49. The third-order valence-corrected chi connectivity index (χ3v) is 4.17. The molecule has 148 valence electrons. The lowest BCUT2D eigenvalue weighted by atomic mass is 10.1. The monoisotopic (exact) mass is 483 g/mol. The minimum absolute atomic E-state index is 0. The standard InChI is InChI=1S/C21H29N3O2.HI/c1-15-6-8-18(20(12-15)26-11-5-10-25-4)14-23-21(22)24-19-9-7-16(2)17(3)13-19;/h6-9,12-13H,5,10-11,14H2,1-4H3,(H3,22,23,24);1H. The Morgan fingerprint density at radius 3 is 2.52 bits per heavy atom. The number of ether oxygens (including phenoxy) is 2. The molecule has 0 saturated heterocycles. The van der Waals surface area contributed by atoms with E-state index >= 15 is 0 Å². The van der Waals surface area contributed by atoms with Crippen LogP contribution in [-0.4, -0.2) is 26.3 Å². The van der Waals surface area contributed by atoms with Crippen LogP contribution in [0, 0.1) is 20.8 Å². The summed E-state index contributed by atoms with van der Waals surface area (Å²) < 4.78 is 10.9. The van der Waals surface area contributed by atoms with Gasteiger partial charge in [0.1, 0.15) is 5.75 Å². The Balaban J connectivity index is 0.00000364. The summed E-state index contributed by atoms with van der Waals surface area (Å²) >= 11 is 0. The molecule has 0 amide bonds. The molecule has 2 rings (SSSR count). The second kappa shape index (κ2) is 11.8. The van der Waals surface area contributed by atoms with E-state index in [1.54, 1.807) is 7.11 Å². The summed E-state index contributed by atoms with van der Waals surface area (Å²) in [5, 5.41) is 3.14. The number of hydrogen-bond acceptors (Lipinski definition) is 3. The maximum Gasteiger partial charge on any atom is 0.193 e. The van der Waals surface area contributed by atoms with Crippen LogP contribution in [0.4, 0.5) is 5.69 Å². The second-order valence-corrected chi connectivity index (χ2v) is 6.43. The van der Waals surface area contributed by atoms with Gasteiger partial charge >= 0.3 is 0 Å². The zero-order chi connectivity index (χ0) is 18.9. The van der Waals surface area contributed by atoms with Gasteiger partial charge in [0, 0.05) is 31.4 Å². The average molecular weight is 483 g/mol. The van der Waals surface area contributed by atoms with Crippen LogP contribution in [0.2, 0.25) is 0 Å². The Labute approximate surface area is 179 Å². The number of halogens is 1. The molecule has 0 saturated carbocycles. The first kappa shape index (κ1) is 23.2. The highest BCUT2D eigenvalue weighted by Gasteiger charge is 2.05. The molecule has 0 aliphatic rings. The van der Waals surface area contributed by atoms with Gasteiger partial charge in [-0.2, -0.15) is 0 Å². The first-order valence-electron chi connectivity index (χ1n) is 8.85. The third-order valence-electron chi connectivity index (χ3n) is 4.17. The number of aliphatic imine (C=N–C) groups is 1. The minimum Gasteiger partial charge on any atom is -0.493 e.